The van der Waals surface area contributed by atoms with Crippen LogP contribution in [0.25, 0.3) is 0 Å². The van der Waals surface area contributed by atoms with Crippen molar-refractivity contribution in [2.24, 2.45) is 23.7 Å². The van der Waals surface area contributed by atoms with Crippen LogP contribution in [0, 0.1) is 23.7 Å². The van der Waals surface area contributed by atoms with Gasteiger partial charge in [0.25, 0.3) is 0 Å². The second kappa shape index (κ2) is 4.17. The van der Waals surface area contributed by atoms with E-state index in [4.69, 9.17) is 11.1 Å². The molecule has 16 heavy (non-hydrogen) atoms. The molecule has 2 heteroatoms. The summed E-state index contributed by atoms with van der Waals surface area (Å²) in [6.45, 7) is 11.8. The molecule has 0 spiro atoms. The molecule has 1 saturated carbocycles. The highest BCUT2D eigenvalue weighted by Crippen LogP contribution is 2.55. The summed E-state index contributed by atoms with van der Waals surface area (Å²) in [6, 6.07) is 0. The van der Waals surface area contributed by atoms with Crippen LogP contribution < -0.4 is 0 Å². The maximum absolute atomic E-state index is 6.75. The third kappa shape index (κ3) is 2.13. The predicted octanol–water partition coefficient (Wildman–Crippen LogP) is 5.06. The molecule has 0 aromatic rings. The van der Waals surface area contributed by atoms with Gasteiger partial charge in [0.1, 0.15) is 0 Å². The van der Waals surface area contributed by atoms with Crippen LogP contribution in [0.15, 0.2) is 11.6 Å². The fourth-order valence-corrected chi connectivity index (χ4v) is 7.93. The van der Waals surface area contributed by atoms with Crippen molar-refractivity contribution < 1.29 is 0 Å². The summed E-state index contributed by atoms with van der Waals surface area (Å²) < 4.78 is 0. The normalized spacial score (nSPS) is 44.1. The first-order valence-corrected chi connectivity index (χ1v) is 10.8. The van der Waals surface area contributed by atoms with Gasteiger partial charge in [-0.3, -0.25) is 0 Å². The third-order valence-corrected chi connectivity index (χ3v) is 7.78. The number of fused-ring (bicyclic) bond motifs is 1. The van der Waals surface area contributed by atoms with E-state index in [0.29, 0.717) is 0 Å². The molecule has 0 aromatic carbocycles. The number of rotatable bonds is 1. The maximum Gasteiger partial charge on any atom is 0.157 e. The van der Waals surface area contributed by atoms with Crippen molar-refractivity contribution in [2.75, 3.05) is 0 Å². The third-order valence-electron chi connectivity index (χ3n) is 4.71. The predicted molar refractivity (Wildman–Crippen MR) is 75.4 cm³/mol. The van der Waals surface area contributed by atoms with Gasteiger partial charge in [-0.1, -0.05) is 38.6 Å². The minimum atomic E-state index is -1.55. The van der Waals surface area contributed by atoms with Crippen molar-refractivity contribution in [3.05, 3.63) is 11.6 Å². The Morgan fingerprint density at radius 2 is 1.88 bits per heavy atom. The molecule has 0 aliphatic heterocycles. The summed E-state index contributed by atoms with van der Waals surface area (Å²) >= 11 is 6.75. The number of halogens is 1. The molecule has 0 amide bonds. The van der Waals surface area contributed by atoms with E-state index in [-0.39, 0.29) is 0 Å². The van der Waals surface area contributed by atoms with Crippen LogP contribution in [0.4, 0.5) is 0 Å². The summed E-state index contributed by atoms with van der Waals surface area (Å²) in [5.41, 5.74) is 2.33. The van der Waals surface area contributed by atoms with Crippen molar-refractivity contribution in [1.29, 1.82) is 0 Å². The van der Waals surface area contributed by atoms with Gasteiger partial charge in [-0.2, -0.15) is 11.1 Å². The summed E-state index contributed by atoms with van der Waals surface area (Å²) in [5, 5.41) is 0. The average Bonchev–Trinajstić information content (AvgIpc) is 2.40. The quantitative estimate of drug-likeness (QED) is 0.350. The second-order valence-corrected chi connectivity index (χ2v) is 13.4. The van der Waals surface area contributed by atoms with E-state index >= 15 is 0 Å². The van der Waals surface area contributed by atoms with Gasteiger partial charge in [0.15, 0.2) is 7.38 Å². The molecule has 5 atom stereocenters. The lowest BCUT2D eigenvalue weighted by Crippen LogP contribution is -2.36. The highest BCUT2D eigenvalue weighted by atomic mass is 35.6. The highest BCUT2D eigenvalue weighted by Gasteiger charge is 2.48. The Kier molecular flexibility index (Phi) is 3.31. The van der Waals surface area contributed by atoms with E-state index < -0.39 is 7.38 Å². The molecule has 0 saturated heterocycles. The largest absolute Gasteiger partial charge is 0.167 e. The molecular formula is C14H25ClSi. The number of allylic oxidation sites excluding steroid dienone is 2. The molecule has 92 valence electrons. The van der Waals surface area contributed by atoms with Crippen LogP contribution in [0.5, 0.6) is 0 Å². The summed E-state index contributed by atoms with van der Waals surface area (Å²) in [6.07, 6.45) is 5.36. The van der Waals surface area contributed by atoms with Crippen molar-refractivity contribution in [2.45, 2.75) is 52.2 Å². The smallest absolute Gasteiger partial charge is 0.157 e. The lowest BCUT2D eigenvalue weighted by Gasteiger charge is -2.41. The van der Waals surface area contributed by atoms with Crippen LogP contribution in [0.1, 0.15) is 33.6 Å². The Labute approximate surface area is 106 Å². The van der Waals surface area contributed by atoms with Crippen molar-refractivity contribution in [1.82, 2.24) is 0 Å². The molecule has 0 heterocycles. The zero-order valence-corrected chi connectivity index (χ0v) is 13.0. The first-order valence-electron chi connectivity index (χ1n) is 6.68. The molecule has 0 nitrogen and oxygen atoms in total. The van der Waals surface area contributed by atoms with E-state index in [1.807, 2.05) is 0 Å². The van der Waals surface area contributed by atoms with Crippen LogP contribution in [-0.4, -0.2) is 7.38 Å². The Morgan fingerprint density at radius 3 is 2.44 bits per heavy atom. The van der Waals surface area contributed by atoms with Gasteiger partial charge < -0.3 is 0 Å². The Hall–Kier alpha value is 0.247. The van der Waals surface area contributed by atoms with Crippen molar-refractivity contribution in [3.8, 4) is 0 Å². The molecule has 2 aliphatic rings. The molecule has 0 aromatic heterocycles. The zero-order chi connectivity index (χ0) is 12.1. The molecule has 0 N–H and O–H groups in total. The van der Waals surface area contributed by atoms with Gasteiger partial charge in [0.05, 0.1) is 0 Å². The van der Waals surface area contributed by atoms with Gasteiger partial charge in [0, 0.05) is 0 Å². The molecule has 2 rings (SSSR count). The molecule has 1 fully saturated rings. The fourth-order valence-electron chi connectivity index (χ4n) is 4.37. The lowest BCUT2D eigenvalue weighted by atomic mass is 9.70. The maximum atomic E-state index is 6.75. The van der Waals surface area contributed by atoms with Gasteiger partial charge in [0.2, 0.25) is 0 Å². The zero-order valence-electron chi connectivity index (χ0n) is 11.3. The molecular weight excluding hydrogens is 232 g/mol. The van der Waals surface area contributed by atoms with Crippen molar-refractivity contribution >= 4 is 18.5 Å². The minimum Gasteiger partial charge on any atom is -0.167 e. The molecule has 2 aliphatic carbocycles. The van der Waals surface area contributed by atoms with Crippen LogP contribution in [-0.2, 0) is 0 Å². The van der Waals surface area contributed by atoms with Gasteiger partial charge >= 0.3 is 0 Å². The fraction of sp³-hybridized carbons (Fsp3) is 0.857. The summed E-state index contributed by atoms with van der Waals surface area (Å²) in [4.78, 5) is 0. The van der Waals surface area contributed by atoms with Crippen molar-refractivity contribution in [3.63, 3.8) is 0 Å². The van der Waals surface area contributed by atoms with E-state index in [0.717, 1.165) is 29.2 Å². The highest BCUT2D eigenvalue weighted by molar-refractivity contribution is 7.20. The molecule has 0 radical (unpaired) electrons. The SMILES string of the molecule is CC1=CC2C(C)CC(C)CC2C1[Si](C)(C)Cl. The first-order chi connectivity index (χ1) is 7.30. The molecule has 0 bridgehead atoms. The Bertz CT molecular complexity index is 302. The second-order valence-electron chi connectivity index (χ2n) is 6.75. The summed E-state index contributed by atoms with van der Waals surface area (Å²) in [7, 11) is -1.55. The van der Waals surface area contributed by atoms with E-state index in [1.165, 1.54) is 12.8 Å². The monoisotopic (exact) mass is 256 g/mol. The van der Waals surface area contributed by atoms with E-state index in [1.54, 1.807) is 5.57 Å². The Morgan fingerprint density at radius 1 is 1.25 bits per heavy atom. The molecule has 5 unspecified atom stereocenters. The van der Waals surface area contributed by atoms with E-state index in [2.05, 4.69) is 39.9 Å². The number of hydrogen-bond acceptors (Lipinski definition) is 0. The van der Waals surface area contributed by atoms with E-state index in [9.17, 15) is 0 Å². The van der Waals surface area contributed by atoms with Gasteiger partial charge in [-0.05, 0) is 49.0 Å². The Balaban J connectivity index is 2.27. The van der Waals surface area contributed by atoms with Crippen LogP contribution in [0.3, 0.4) is 0 Å². The minimum absolute atomic E-state index is 0.726. The standard InChI is InChI=1S/C14H25ClSi/c1-9-6-10(2)12-8-11(3)14(13(12)7-9)16(4,5)15/h8-10,12-14H,6-7H2,1-5H3. The number of hydrogen-bond donors (Lipinski definition) is 0. The average molecular weight is 257 g/mol. The van der Waals surface area contributed by atoms with Crippen LogP contribution in [0.2, 0.25) is 18.6 Å². The van der Waals surface area contributed by atoms with Crippen LogP contribution >= 0.6 is 11.1 Å². The first kappa shape index (κ1) is 12.7. The lowest BCUT2D eigenvalue weighted by molar-refractivity contribution is 0.171. The summed E-state index contributed by atoms with van der Waals surface area (Å²) in [5.74, 6) is 3.44. The van der Waals surface area contributed by atoms with Gasteiger partial charge in [-0.15, -0.1) is 0 Å². The topological polar surface area (TPSA) is 0 Å². The van der Waals surface area contributed by atoms with Gasteiger partial charge in [-0.25, -0.2) is 0 Å².